The Hall–Kier alpha value is -1.47. The first-order valence-electron chi connectivity index (χ1n) is 7.13. The molecule has 1 amide bonds. The molecule has 21 heavy (non-hydrogen) atoms. The Morgan fingerprint density at radius 1 is 1.29 bits per heavy atom. The van der Waals surface area contributed by atoms with Gasteiger partial charge in [0.15, 0.2) is 0 Å². The van der Waals surface area contributed by atoms with Crippen molar-refractivity contribution in [1.29, 1.82) is 0 Å². The highest BCUT2D eigenvalue weighted by Crippen LogP contribution is 2.33. The molecule has 1 saturated carbocycles. The molecule has 2 aliphatic rings. The molecule has 1 aliphatic carbocycles. The van der Waals surface area contributed by atoms with Crippen LogP contribution in [0.5, 0.6) is 0 Å². The summed E-state index contributed by atoms with van der Waals surface area (Å²) in [5.74, 6) is -0.147. The molecule has 4 atom stereocenters. The van der Waals surface area contributed by atoms with Gasteiger partial charge in [0.25, 0.3) is 5.91 Å². The summed E-state index contributed by atoms with van der Waals surface area (Å²) in [5.41, 5.74) is 1.11. The summed E-state index contributed by atoms with van der Waals surface area (Å²) in [6, 6.07) is 7.07. The lowest BCUT2D eigenvalue weighted by atomic mass is 9.99. The first-order chi connectivity index (χ1) is 10.1. The van der Waals surface area contributed by atoms with Crippen LogP contribution in [-0.2, 0) is 4.74 Å². The van der Waals surface area contributed by atoms with Gasteiger partial charge in [0.1, 0.15) is 24.4 Å². The molecule has 0 unspecified atom stereocenters. The van der Waals surface area contributed by atoms with Gasteiger partial charge in [-0.1, -0.05) is 12.1 Å². The lowest BCUT2D eigenvalue weighted by Gasteiger charge is -2.16. The van der Waals surface area contributed by atoms with Crippen LogP contribution in [0.3, 0.4) is 0 Å². The second-order valence-corrected chi connectivity index (χ2v) is 5.63. The van der Waals surface area contributed by atoms with Gasteiger partial charge < -0.3 is 25.4 Å². The van der Waals surface area contributed by atoms with E-state index in [9.17, 15) is 15.0 Å². The number of carbonyl (C=O) groups excluding carboxylic acids is 1. The minimum Gasteiger partial charge on any atom is -0.394 e. The highest BCUT2D eigenvalue weighted by atomic mass is 16.6. The highest BCUT2D eigenvalue weighted by molar-refractivity contribution is 5.94. The second-order valence-electron chi connectivity index (χ2n) is 5.63. The third-order valence-electron chi connectivity index (χ3n) is 3.93. The van der Waals surface area contributed by atoms with Gasteiger partial charge in [-0.2, -0.15) is 0 Å². The number of aliphatic hydroxyl groups excluding tert-OH is 3. The van der Waals surface area contributed by atoms with E-state index in [1.807, 2.05) is 0 Å². The summed E-state index contributed by atoms with van der Waals surface area (Å²) in [6.07, 6.45) is -1.78. The number of rotatable bonds is 4. The van der Waals surface area contributed by atoms with Crippen molar-refractivity contribution in [1.82, 2.24) is 5.32 Å². The predicted octanol–water partition coefficient (Wildman–Crippen LogP) is -0.267. The molecule has 1 aromatic carbocycles. The topological polar surface area (TPSA) is 99.0 Å². The molecule has 2 fully saturated rings. The molecule has 1 saturated heterocycles. The van der Waals surface area contributed by atoms with Crippen LogP contribution in [0.25, 0.3) is 0 Å². The maximum absolute atomic E-state index is 12.0. The Morgan fingerprint density at radius 2 is 2.05 bits per heavy atom. The Kier molecular flexibility index (Phi) is 3.95. The SMILES string of the molecule is O=C(NC1CC1)c1cccc([C@@H]2O[C@H](CO)[C@@H](O)[C@H]2O)c1. The van der Waals surface area contributed by atoms with Crippen LogP contribution in [0, 0.1) is 0 Å². The van der Waals surface area contributed by atoms with Crippen molar-refractivity contribution in [2.75, 3.05) is 6.61 Å². The van der Waals surface area contributed by atoms with Gasteiger partial charge in [0.05, 0.1) is 6.61 Å². The fourth-order valence-corrected chi connectivity index (χ4v) is 2.53. The fourth-order valence-electron chi connectivity index (χ4n) is 2.53. The van der Waals surface area contributed by atoms with Crippen LogP contribution in [0.1, 0.15) is 34.9 Å². The summed E-state index contributed by atoms with van der Waals surface area (Å²) < 4.78 is 5.47. The molecule has 0 aromatic heterocycles. The maximum atomic E-state index is 12.0. The molecule has 6 nitrogen and oxygen atoms in total. The van der Waals surface area contributed by atoms with Gasteiger partial charge in [-0.05, 0) is 30.5 Å². The zero-order chi connectivity index (χ0) is 15.0. The summed E-state index contributed by atoms with van der Waals surface area (Å²) >= 11 is 0. The minimum atomic E-state index is -1.14. The summed E-state index contributed by atoms with van der Waals surface area (Å²) in [7, 11) is 0. The van der Waals surface area contributed by atoms with Crippen molar-refractivity contribution in [3.63, 3.8) is 0 Å². The van der Waals surface area contributed by atoms with E-state index in [1.165, 1.54) is 0 Å². The maximum Gasteiger partial charge on any atom is 0.251 e. The number of benzene rings is 1. The number of hydrogen-bond acceptors (Lipinski definition) is 5. The first-order valence-corrected chi connectivity index (χ1v) is 7.13. The van der Waals surface area contributed by atoms with Crippen LogP contribution in [0.4, 0.5) is 0 Å². The zero-order valence-corrected chi connectivity index (χ0v) is 11.5. The summed E-state index contributed by atoms with van der Waals surface area (Å²) in [6.45, 7) is -0.365. The third kappa shape index (κ3) is 2.94. The second kappa shape index (κ2) is 5.73. The average Bonchev–Trinajstić information content (AvgIpc) is 3.26. The van der Waals surface area contributed by atoms with E-state index in [0.29, 0.717) is 11.1 Å². The first kappa shape index (κ1) is 14.5. The van der Waals surface area contributed by atoms with E-state index in [0.717, 1.165) is 12.8 Å². The summed E-state index contributed by atoms with van der Waals surface area (Å²) in [4.78, 5) is 12.0. The van der Waals surface area contributed by atoms with Gasteiger partial charge in [0, 0.05) is 11.6 Å². The lowest BCUT2D eigenvalue weighted by molar-refractivity contribution is -0.0227. The lowest BCUT2D eigenvalue weighted by Crippen LogP contribution is -2.32. The van der Waals surface area contributed by atoms with Gasteiger partial charge in [-0.25, -0.2) is 0 Å². The Bertz CT molecular complexity index is 531. The Balaban J connectivity index is 1.77. The molecule has 1 aromatic rings. The molecule has 0 radical (unpaired) electrons. The van der Waals surface area contributed by atoms with Crippen molar-refractivity contribution in [3.8, 4) is 0 Å². The van der Waals surface area contributed by atoms with Gasteiger partial charge in [-0.15, -0.1) is 0 Å². The average molecular weight is 293 g/mol. The molecule has 4 N–H and O–H groups in total. The fraction of sp³-hybridized carbons (Fsp3) is 0.533. The van der Waals surface area contributed by atoms with Crippen molar-refractivity contribution in [2.45, 2.75) is 43.3 Å². The summed E-state index contributed by atoms with van der Waals surface area (Å²) in [5, 5.41) is 31.8. The monoisotopic (exact) mass is 293 g/mol. The molecular formula is C15H19NO5. The molecule has 6 heteroatoms. The number of aliphatic hydroxyl groups is 3. The number of carbonyl (C=O) groups is 1. The predicted molar refractivity (Wildman–Crippen MR) is 73.6 cm³/mol. The molecule has 3 rings (SSSR count). The van der Waals surface area contributed by atoms with Crippen molar-refractivity contribution in [3.05, 3.63) is 35.4 Å². The van der Waals surface area contributed by atoms with E-state index in [1.54, 1.807) is 24.3 Å². The van der Waals surface area contributed by atoms with Gasteiger partial charge in [-0.3, -0.25) is 4.79 Å². The van der Waals surface area contributed by atoms with Crippen LogP contribution in [0.2, 0.25) is 0 Å². The third-order valence-corrected chi connectivity index (χ3v) is 3.93. The van der Waals surface area contributed by atoms with Crippen LogP contribution in [-0.4, -0.2) is 52.2 Å². The molecule has 0 bridgehead atoms. The minimum absolute atomic E-state index is 0.147. The van der Waals surface area contributed by atoms with E-state index in [4.69, 9.17) is 9.84 Å². The van der Waals surface area contributed by atoms with Crippen molar-refractivity contribution in [2.24, 2.45) is 0 Å². The zero-order valence-electron chi connectivity index (χ0n) is 11.5. The van der Waals surface area contributed by atoms with Crippen molar-refractivity contribution >= 4 is 5.91 Å². The Labute approximate surface area is 122 Å². The van der Waals surface area contributed by atoms with Gasteiger partial charge in [0.2, 0.25) is 0 Å². The van der Waals surface area contributed by atoms with E-state index >= 15 is 0 Å². The van der Waals surface area contributed by atoms with Gasteiger partial charge >= 0.3 is 0 Å². The number of nitrogens with one attached hydrogen (secondary N) is 1. The van der Waals surface area contributed by atoms with Crippen molar-refractivity contribution < 1.29 is 24.9 Å². The quantitative estimate of drug-likeness (QED) is 0.612. The van der Waals surface area contributed by atoms with Crippen LogP contribution < -0.4 is 5.32 Å². The standard InChI is InChI=1S/C15H19NO5/c17-7-11-12(18)13(19)14(21-11)8-2-1-3-9(6-8)15(20)16-10-4-5-10/h1-3,6,10-14,17-19H,4-5,7H2,(H,16,20)/t11-,12-,13-,14+/m1/s1. The van der Waals surface area contributed by atoms with E-state index < -0.39 is 24.4 Å². The van der Waals surface area contributed by atoms with Crippen LogP contribution in [0.15, 0.2) is 24.3 Å². The molecular weight excluding hydrogens is 274 g/mol. The normalized spacial score (nSPS) is 32.1. The highest BCUT2D eigenvalue weighted by Gasteiger charge is 2.43. The molecule has 1 heterocycles. The molecule has 0 spiro atoms. The van der Waals surface area contributed by atoms with Crippen LogP contribution >= 0.6 is 0 Å². The molecule has 1 aliphatic heterocycles. The Morgan fingerprint density at radius 3 is 2.67 bits per heavy atom. The molecule has 114 valence electrons. The largest absolute Gasteiger partial charge is 0.394 e. The van der Waals surface area contributed by atoms with E-state index in [-0.39, 0.29) is 18.6 Å². The number of amides is 1. The smallest absolute Gasteiger partial charge is 0.251 e. The number of hydrogen-bond donors (Lipinski definition) is 4. The van der Waals surface area contributed by atoms with E-state index in [2.05, 4.69) is 5.32 Å². The number of ether oxygens (including phenoxy) is 1.